The first-order chi connectivity index (χ1) is 21.6. The molecule has 4 atom stereocenters. The summed E-state index contributed by atoms with van der Waals surface area (Å²) in [5, 5.41) is 14.3. The highest BCUT2D eigenvalue weighted by molar-refractivity contribution is 7.92. The average Bonchev–Trinajstić information content (AvgIpc) is 3.60. The number of carbonyl (C=O) groups is 3. The summed E-state index contributed by atoms with van der Waals surface area (Å²) in [6.07, 6.45) is 4.98. The molecule has 0 aromatic heterocycles. The molecule has 16 heteroatoms. The van der Waals surface area contributed by atoms with Crippen molar-refractivity contribution in [3.8, 4) is 11.5 Å². The van der Waals surface area contributed by atoms with E-state index >= 15 is 0 Å². The van der Waals surface area contributed by atoms with Crippen molar-refractivity contribution in [3.05, 3.63) is 59.7 Å². The largest absolute Gasteiger partial charge is 0.502 e. The summed E-state index contributed by atoms with van der Waals surface area (Å²) in [5.74, 6) is -7.38. The topological polar surface area (TPSA) is 148 Å². The predicted molar refractivity (Wildman–Crippen MR) is 151 cm³/mol. The van der Waals surface area contributed by atoms with Crippen LogP contribution in [0, 0.1) is 35.3 Å². The predicted octanol–water partition coefficient (Wildman–Crippen LogP) is 4.85. The van der Waals surface area contributed by atoms with Crippen LogP contribution < -0.4 is 20.1 Å². The number of carboxylic acids is 1. The molecule has 2 fully saturated rings. The lowest BCUT2D eigenvalue weighted by Crippen LogP contribution is -2.47. The van der Waals surface area contributed by atoms with Gasteiger partial charge in [-0.25, -0.2) is 17.2 Å². The minimum absolute atomic E-state index is 0.107. The molecule has 4 unspecified atom stereocenters. The number of sulfone groups is 1. The number of hydrogen-bond donors (Lipinski definition) is 3. The van der Waals surface area contributed by atoms with E-state index in [-0.39, 0.29) is 28.9 Å². The molecule has 2 aromatic carbocycles. The fraction of sp³-hybridized carbons (Fsp3) is 0.433. The van der Waals surface area contributed by atoms with Crippen molar-refractivity contribution in [3.63, 3.8) is 0 Å². The molecule has 2 saturated carbocycles. The number of fused-ring (bicyclic) bond motifs is 2. The minimum atomic E-state index is -6.05. The highest BCUT2D eigenvalue weighted by atomic mass is 32.2. The third kappa shape index (κ3) is 6.39. The van der Waals surface area contributed by atoms with E-state index in [9.17, 15) is 49.9 Å². The number of carboxylic acid groups (broad SMARTS) is 1. The van der Waals surface area contributed by atoms with Gasteiger partial charge in [-0.1, -0.05) is 12.2 Å². The Morgan fingerprint density at radius 1 is 0.935 bits per heavy atom. The van der Waals surface area contributed by atoms with Crippen LogP contribution in [-0.4, -0.2) is 56.1 Å². The highest BCUT2D eigenvalue weighted by Crippen LogP contribution is 2.45. The van der Waals surface area contributed by atoms with E-state index < -0.39 is 79.3 Å². The molecule has 3 aliphatic rings. The first-order valence-electron chi connectivity index (χ1n) is 14.3. The zero-order valence-corrected chi connectivity index (χ0v) is 25.0. The lowest BCUT2D eigenvalue weighted by atomic mass is 9.87. The van der Waals surface area contributed by atoms with Crippen molar-refractivity contribution >= 4 is 33.3 Å². The van der Waals surface area contributed by atoms with Crippen LogP contribution in [0.3, 0.4) is 0 Å². The number of nitrogens with one attached hydrogen (secondary N) is 2. The SMILES string of the molecule is COc1cc(F)c(OC2CCC(C(=O)O)CC2)cc1C(=O)NC1C2C=CC(C2)C1C(=O)Nc1ccc(F)c(S(=O)(=O)C(F)(F)F)c1. The van der Waals surface area contributed by atoms with Gasteiger partial charge in [0, 0.05) is 17.8 Å². The number of benzene rings is 2. The van der Waals surface area contributed by atoms with E-state index in [4.69, 9.17) is 9.47 Å². The minimum Gasteiger partial charge on any atom is -0.496 e. The molecule has 0 saturated heterocycles. The van der Waals surface area contributed by atoms with Gasteiger partial charge < -0.3 is 25.2 Å². The van der Waals surface area contributed by atoms with Gasteiger partial charge in [0.15, 0.2) is 11.6 Å². The number of halogens is 5. The van der Waals surface area contributed by atoms with Crippen LogP contribution >= 0.6 is 0 Å². The fourth-order valence-electron chi connectivity index (χ4n) is 6.32. The average molecular weight is 673 g/mol. The fourth-order valence-corrected chi connectivity index (χ4v) is 7.18. The number of carbonyl (C=O) groups excluding carboxylic acids is 2. The Balaban J connectivity index is 1.34. The number of anilines is 1. The van der Waals surface area contributed by atoms with Gasteiger partial charge in [-0.3, -0.25) is 14.4 Å². The maximum atomic E-state index is 14.9. The summed E-state index contributed by atoms with van der Waals surface area (Å²) < 4.78 is 103. The Morgan fingerprint density at radius 2 is 1.61 bits per heavy atom. The summed E-state index contributed by atoms with van der Waals surface area (Å²) >= 11 is 0. The van der Waals surface area contributed by atoms with Crippen molar-refractivity contribution in [2.24, 2.45) is 23.7 Å². The zero-order chi connectivity index (χ0) is 33.6. The number of methoxy groups -OCH3 is 1. The number of ether oxygens (including phenoxy) is 2. The molecule has 2 amide bonds. The second kappa shape index (κ2) is 12.5. The molecular formula is C30H29F5N2O8S. The number of alkyl halides is 3. The van der Waals surface area contributed by atoms with E-state index in [1.54, 1.807) is 12.2 Å². The second-order valence-corrected chi connectivity index (χ2v) is 13.4. The van der Waals surface area contributed by atoms with Crippen LogP contribution in [-0.2, 0) is 19.4 Å². The molecule has 0 spiro atoms. The maximum Gasteiger partial charge on any atom is 0.502 e. The Kier molecular flexibility index (Phi) is 9.03. The lowest BCUT2D eigenvalue weighted by Gasteiger charge is -2.29. The van der Waals surface area contributed by atoms with Gasteiger partial charge >= 0.3 is 11.5 Å². The number of rotatable bonds is 9. The van der Waals surface area contributed by atoms with E-state index in [0.717, 1.165) is 18.2 Å². The number of amides is 2. The normalized spacial score (nSPS) is 25.6. The molecule has 0 heterocycles. The third-order valence-corrected chi connectivity index (χ3v) is 10.2. The lowest BCUT2D eigenvalue weighted by molar-refractivity contribution is -0.143. The van der Waals surface area contributed by atoms with E-state index in [1.807, 2.05) is 0 Å². The Morgan fingerprint density at radius 3 is 2.24 bits per heavy atom. The Bertz CT molecular complexity index is 1690. The molecule has 3 N–H and O–H groups in total. The molecule has 3 aliphatic carbocycles. The smallest absolute Gasteiger partial charge is 0.496 e. The van der Waals surface area contributed by atoms with Crippen molar-refractivity contribution in [1.29, 1.82) is 0 Å². The summed E-state index contributed by atoms with van der Waals surface area (Å²) in [6.45, 7) is 0. The molecule has 2 bridgehead atoms. The maximum absolute atomic E-state index is 14.9. The van der Waals surface area contributed by atoms with Crippen molar-refractivity contribution in [2.45, 2.75) is 54.7 Å². The highest BCUT2D eigenvalue weighted by Gasteiger charge is 2.50. The Hall–Kier alpha value is -4.21. The van der Waals surface area contributed by atoms with Crippen LogP contribution in [0.1, 0.15) is 42.5 Å². The number of aliphatic carboxylic acids is 1. The van der Waals surface area contributed by atoms with Crippen molar-refractivity contribution in [2.75, 3.05) is 12.4 Å². The van der Waals surface area contributed by atoms with Crippen LogP contribution in [0.5, 0.6) is 11.5 Å². The molecular weight excluding hydrogens is 643 g/mol. The summed E-state index contributed by atoms with van der Waals surface area (Å²) in [7, 11) is -4.82. The zero-order valence-electron chi connectivity index (χ0n) is 24.1. The third-order valence-electron chi connectivity index (χ3n) is 8.67. The van der Waals surface area contributed by atoms with Gasteiger partial charge in [-0.05, 0) is 68.2 Å². The van der Waals surface area contributed by atoms with Gasteiger partial charge in [0.05, 0.1) is 30.6 Å². The van der Waals surface area contributed by atoms with Crippen molar-refractivity contribution < 1.29 is 59.3 Å². The molecule has 0 radical (unpaired) electrons. The van der Waals surface area contributed by atoms with Crippen LogP contribution in [0.15, 0.2) is 47.4 Å². The molecule has 0 aliphatic heterocycles. The summed E-state index contributed by atoms with van der Waals surface area (Å²) in [6, 6.07) is 3.09. The van der Waals surface area contributed by atoms with Crippen molar-refractivity contribution in [1.82, 2.24) is 5.32 Å². The number of hydrogen-bond acceptors (Lipinski definition) is 7. The first-order valence-corrected chi connectivity index (χ1v) is 15.8. The molecule has 248 valence electrons. The molecule has 5 rings (SSSR count). The summed E-state index contributed by atoms with van der Waals surface area (Å²) in [4.78, 5) is 36.5. The second-order valence-electron chi connectivity index (χ2n) is 11.5. The molecule has 46 heavy (non-hydrogen) atoms. The standard InChI is InChI=1S/C30H29F5N2O8S/c1-44-22-13-21(32)23(45-18-7-4-14(5-8-18)29(40)41)12-19(22)27(38)37-26-16-3-2-15(10-16)25(26)28(39)36-17-6-9-20(31)24(11-17)46(42,43)30(33,34)35/h2-3,6,9,11-16,18,25-26H,4-5,7-8,10H2,1H3,(H,36,39)(H,37,38)(H,40,41). The van der Waals surface area contributed by atoms with Gasteiger partial charge in [-0.15, -0.1) is 0 Å². The monoisotopic (exact) mass is 672 g/mol. The Labute approximate surface area is 259 Å². The molecule has 2 aromatic rings. The van der Waals surface area contributed by atoms with Crippen LogP contribution in [0.4, 0.5) is 27.6 Å². The van der Waals surface area contributed by atoms with Crippen LogP contribution in [0.25, 0.3) is 0 Å². The van der Waals surface area contributed by atoms with Gasteiger partial charge in [0.25, 0.3) is 15.7 Å². The summed E-state index contributed by atoms with van der Waals surface area (Å²) in [5.41, 5.74) is -6.28. The molecule has 10 nitrogen and oxygen atoms in total. The quantitative estimate of drug-likeness (QED) is 0.253. The van der Waals surface area contributed by atoms with E-state index in [2.05, 4.69) is 10.6 Å². The van der Waals surface area contributed by atoms with Gasteiger partial charge in [0.2, 0.25) is 5.91 Å². The van der Waals surface area contributed by atoms with Crippen LogP contribution in [0.2, 0.25) is 0 Å². The van der Waals surface area contributed by atoms with E-state index in [0.29, 0.717) is 44.2 Å². The van der Waals surface area contributed by atoms with E-state index in [1.165, 1.54) is 7.11 Å². The van der Waals surface area contributed by atoms with Gasteiger partial charge in [-0.2, -0.15) is 13.2 Å². The number of allylic oxidation sites excluding steroid dienone is 1. The van der Waals surface area contributed by atoms with Gasteiger partial charge in [0.1, 0.15) is 16.5 Å². The first kappa shape index (κ1) is 33.2.